The standard InChI is InChI=1S/C19H16BrN5/c1-12-7-8-15(10-16(12)20)23-19-22-13(2)9-18(25-19)24-17-6-4-3-5-14(17)11-21/h3-10H,1-2H3,(H2,22,23,24,25). The molecule has 0 bridgehead atoms. The summed E-state index contributed by atoms with van der Waals surface area (Å²) in [6, 6.07) is 17.3. The third kappa shape index (κ3) is 4.14. The highest BCUT2D eigenvalue weighted by molar-refractivity contribution is 9.10. The number of hydrogen-bond donors (Lipinski definition) is 2. The molecule has 0 saturated heterocycles. The summed E-state index contributed by atoms with van der Waals surface area (Å²) in [5, 5.41) is 15.6. The summed E-state index contributed by atoms with van der Waals surface area (Å²) in [6.45, 7) is 3.94. The highest BCUT2D eigenvalue weighted by Crippen LogP contribution is 2.24. The smallest absolute Gasteiger partial charge is 0.229 e. The van der Waals surface area contributed by atoms with Crippen LogP contribution in [0.3, 0.4) is 0 Å². The molecule has 0 atom stereocenters. The number of anilines is 4. The van der Waals surface area contributed by atoms with Crippen LogP contribution in [-0.2, 0) is 0 Å². The molecule has 2 aromatic carbocycles. The van der Waals surface area contributed by atoms with Crippen molar-refractivity contribution in [2.24, 2.45) is 0 Å². The van der Waals surface area contributed by atoms with Crippen molar-refractivity contribution in [2.45, 2.75) is 13.8 Å². The monoisotopic (exact) mass is 393 g/mol. The summed E-state index contributed by atoms with van der Waals surface area (Å²) in [5.41, 5.74) is 4.15. The zero-order valence-electron chi connectivity index (χ0n) is 13.8. The number of halogens is 1. The van der Waals surface area contributed by atoms with Gasteiger partial charge in [0.15, 0.2) is 0 Å². The number of para-hydroxylation sites is 1. The van der Waals surface area contributed by atoms with Crippen molar-refractivity contribution in [3.63, 3.8) is 0 Å². The first-order valence-corrected chi connectivity index (χ1v) is 8.49. The number of rotatable bonds is 4. The van der Waals surface area contributed by atoms with Crippen LogP contribution in [-0.4, -0.2) is 9.97 Å². The second-order valence-corrected chi connectivity index (χ2v) is 6.44. The fourth-order valence-corrected chi connectivity index (χ4v) is 2.69. The largest absolute Gasteiger partial charge is 0.339 e. The van der Waals surface area contributed by atoms with Gasteiger partial charge < -0.3 is 10.6 Å². The van der Waals surface area contributed by atoms with E-state index in [1.54, 1.807) is 6.07 Å². The molecule has 0 amide bonds. The third-order valence-corrected chi connectivity index (χ3v) is 4.45. The summed E-state index contributed by atoms with van der Waals surface area (Å²) in [6.07, 6.45) is 0. The zero-order valence-corrected chi connectivity index (χ0v) is 15.4. The van der Waals surface area contributed by atoms with Gasteiger partial charge in [-0.1, -0.05) is 34.1 Å². The molecule has 0 unspecified atom stereocenters. The first-order chi connectivity index (χ1) is 12.0. The van der Waals surface area contributed by atoms with Crippen molar-refractivity contribution in [3.8, 4) is 6.07 Å². The predicted octanol–water partition coefficient (Wildman–Crippen LogP) is 5.21. The molecule has 0 spiro atoms. The summed E-state index contributed by atoms with van der Waals surface area (Å²) in [7, 11) is 0. The van der Waals surface area contributed by atoms with Crippen LogP contribution in [0.25, 0.3) is 0 Å². The lowest BCUT2D eigenvalue weighted by atomic mass is 10.2. The van der Waals surface area contributed by atoms with Crippen molar-refractivity contribution in [1.82, 2.24) is 9.97 Å². The Balaban J connectivity index is 1.88. The van der Waals surface area contributed by atoms with E-state index < -0.39 is 0 Å². The summed E-state index contributed by atoms with van der Waals surface area (Å²) >= 11 is 3.52. The maximum atomic E-state index is 9.21. The Bertz CT molecular complexity index is 962. The van der Waals surface area contributed by atoms with Crippen LogP contribution in [0.5, 0.6) is 0 Å². The molecule has 6 heteroatoms. The minimum atomic E-state index is 0.493. The molecule has 1 heterocycles. The van der Waals surface area contributed by atoms with Gasteiger partial charge in [-0.15, -0.1) is 0 Å². The Kier molecular flexibility index (Phi) is 4.96. The van der Waals surface area contributed by atoms with Crippen molar-refractivity contribution >= 4 is 39.1 Å². The van der Waals surface area contributed by atoms with E-state index in [0.717, 1.165) is 21.4 Å². The lowest BCUT2D eigenvalue weighted by molar-refractivity contribution is 1.11. The van der Waals surface area contributed by atoms with Crippen LogP contribution < -0.4 is 10.6 Å². The maximum Gasteiger partial charge on any atom is 0.229 e. The fraction of sp³-hybridized carbons (Fsp3) is 0.105. The van der Waals surface area contributed by atoms with Gasteiger partial charge in [0.2, 0.25) is 5.95 Å². The molecule has 5 nitrogen and oxygen atoms in total. The van der Waals surface area contributed by atoms with Crippen LogP contribution in [0.4, 0.5) is 23.1 Å². The maximum absolute atomic E-state index is 9.21. The van der Waals surface area contributed by atoms with Gasteiger partial charge in [-0.2, -0.15) is 10.2 Å². The van der Waals surface area contributed by atoms with E-state index in [4.69, 9.17) is 0 Å². The molecule has 0 aliphatic heterocycles. The number of nitriles is 1. The van der Waals surface area contributed by atoms with E-state index in [-0.39, 0.29) is 0 Å². The first-order valence-electron chi connectivity index (χ1n) is 7.70. The van der Waals surface area contributed by atoms with E-state index in [2.05, 4.69) is 42.6 Å². The molecule has 0 saturated carbocycles. The van der Waals surface area contributed by atoms with Gasteiger partial charge in [0.25, 0.3) is 0 Å². The lowest BCUT2D eigenvalue weighted by Gasteiger charge is -2.11. The molecule has 25 heavy (non-hydrogen) atoms. The second-order valence-electron chi connectivity index (χ2n) is 5.59. The molecule has 3 rings (SSSR count). The number of nitrogens with one attached hydrogen (secondary N) is 2. The number of aromatic nitrogens is 2. The molecule has 0 radical (unpaired) electrons. The van der Waals surface area contributed by atoms with Gasteiger partial charge in [0.05, 0.1) is 11.3 Å². The average Bonchev–Trinajstić information content (AvgIpc) is 2.58. The van der Waals surface area contributed by atoms with Crippen molar-refractivity contribution in [1.29, 1.82) is 5.26 Å². The normalized spacial score (nSPS) is 10.2. The fourth-order valence-electron chi connectivity index (χ4n) is 2.32. The molecular formula is C19H16BrN5. The Labute approximate surface area is 154 Å². The topological polar surface area (TPSA) is 73.6 Å². The summed E-state index contributed by atoms with van der Waals surface area (Å²) in [4.78, 5) is 8.92. The van der Waals surface area contributed by atoms with Crippen molar-refractivity contribution in [2.75, 3.05) is 10.6 Å². The predicted molar refractivity (Wildman–Crippen MR) is 103 cm³/mol. The summed E-state index contributed by atoms with van der Waals surface area (Å²) in [5.74, 6) is 1.12. The summed E-state index contributed by atoms with van der Waals surface area (Å²) < 4.78 is 1.02. The van der Waals surface area contributed by atoms with Crippen molar-refractivity contribution in [3.05, 3.63) is 69.8 Å². The van der Waals surface area contributed by atoms with E-state index >= 15 is 0 Å². The van der Waals surface area contributed by atoms with Gasteiger partial charge in [-0.25, -0.2) is 4.98 Å². The number of nitrogens with zero attached hydrogens (tertiary/aromatic N) is 3. The Morgan fingerprint density at radius 3 is 2.56 bits per heavy atom. The number of benzene rings is 2. The van der Waals surface area contributed by atoms with Gasteiger partial charge in [0, 0.05) is 21.9 Å². The molecule has 2 N–H and O–H groups in total. The highest BCUT2D eigenvalue weighted by atomic mass is 79.9. The quantitative estimate of drug-likeness (QED) is 0.635. The molecular weight excluding hydrogens is 378 g/mol. The van der Waals surface area contributed by atoms with E-state index in [1.807, 2.05) is 56.3 Å². The third-order valence-electron chi connectivity index (χ3n) is 3.59. The molecule has 124 valence electrons. The molecule has 3 aromatic rings. The van der Waals surface area contributed by atoms with Gasteiger partial charge in [0.1, 0.15) is 11.9 Å². The van der Waals surface area contributed by atoms with Crippen LogP contribution >= 0.6 is 15.9 Å². The zero-order chi connectivity index (χ0) is 17.8. The first kappa shape index (κ1) is 16.9. The Hall–Kier alpha value is -2.91. The lowest BCUT2D eigenvalue weighted by Crippen LogP contribution is -2.03. The van der Waals surface area contributed by atoms with E-state index in [9.17, 15) is 5.26 Å². The minimum Gasteiger partial charge on any atom is -0.339 e. The van der Waals surface area contributed by atoms with Gasteiger partial charge >= 0.3 is 0 Å². The molecule has 0 aliphatic rings. The SMILES string of the molecule is Cc1cc(Nc2ccccc2C#N)nc(Nc2ccc(C)c(Br)c2)n1. The molecule has 0 aliphatic carbocycles. The average molecular weight is 394 g/mol. The number of aryl methyl sites for hydroxylation is 2. The highest BCUT2D eigenvalue weighted by Gasteiger charge is 2.07. The molecule has 0 fully saturated rings. The van der Waals surface area contributed by atoms with E-state index in [0.29, 0.717) is 23.0 Å². The van der Waals surface area contributed by atoms with Crippen LogP contribution in [0.1, 0.15) is 16.8 Å². The minimum absolute atomic E-state index is 0.493. The Morgan fingerprint density at radius 2 is 1.80 bits per heavy atom. The van der Waals surface area contributed by atoms with Crippen LogP contribution in [0.2, 0.25) is 0 Å². The van der Waals surface area contributed by atoms with Gasteiger partial charge in [-0.05, 0) is 43.7 Å². The molecule has 1 aromatic heterocycles. The van der Waals surface area contributed by atoms with Crippen LogP contribution in [0.15, 0.2) is 53.0 Å². The van der Waals surface area contributed by atoms with Crippen LogP contribution in [0, 0.1) is 25.2 Å². The number of hydrogen-bond acceptors (Lipinski definition) is 5. The van der Waals surface area contributed by atoms with Crippen molar-refractivity contribution < 1.29 is 0 Å². The van der Waals surface area contributed by atoms with Gasteiger partial charge in [-0.3, -0.25) is 0 Å². The Morgan fingerprint density at radius 1 is 1.00 bits per heavy atom. The second kappa shape index (κ2) is 7.32. The van der Waals surface area contributed by atoms with E-state index in [1.165, 1.54) is 0 Å².